The molecule has 0 aromatic heterocycles. The Balaban J connectivity index is 3.30. The van der Waals surface area contributed by atoms with Gasteiger partial charge in [0, 0.05) is 6.42 Å². The lowest BCUT2D eigenvalue weighted by Gasteiger charge is -2.11. The maximum atomic E-state index is 11.6. The van der Waals surface area contributed by atoms with Crippen molar-refractivity contribution in [3.63, 3.8) is 0 Å². The summed E-state index contributed by atoms with van der Waals surface area (Å²) >= 11 is 6.01. The summed E-state index contributed by atoms with van der Waals surface area (Å²) in [6, 6.07) is 3.32. The molecule has 0 fully saturated rings. The summed E-state index contributed by atoms with van der Waals surface area (Å²) in [4.78, 5) is 11.6. The number of carbonyl (C=O) groups is 1. The third-order valence-electron chi connectivity index (χ3n) is 2.11. The highest BCUT2D eigenvalue weighted by molar-refractivity contribution is 6.34. The van der Waals surface area contributed by atoms with E-state index >= 15 is 0 Å². The second kappa shape index (κ2) is 5.03. The van der Waals surface area contributed by atoms with Crippen LogP contribution < -0.4 is 9.47 Å². The molecule has 0 unspecified atom stereocenters. The van der Waals surface area contributed by atoms with Gasteiger partial charge in [-0.3, -0.25) is 4.79 Å². The van der Waals surface area contributed by atoms with E-state index in [0.717, 1.165) is 0 Å². The summed E-state index contributed by atoms with van der Waals surface area (Å²) in [5.74, 6) is 0.875. The number of halogens is 1. The zero-order chi connectivity index (χ0) is 11.4. The number of methoxy groups -OCH3 is 2. The molecule has 0 aliphatic rings. The highest BCUT2D eigenvalue weighted by Crippen LogP contribution is 2.37. The highest BCUT2D eigenvalue weighted by atomic mass is 35.5. The second-order valence-corrected chi connectivity index (χ2v) is 3.32. The Labute approximate surface area is 93.9 Å². The van der Waals surface area contributed by atoms with Crippen LogP contribution in [0.2, 0.25) is 5.02 Å². The average molecular weight is 229 g/mol. The van der Waals surface area contributed by atoms with E-state index in [0.29, 0.717) is 28.5 Å². The second-order valence-electron chi connectivity index (χ2n) is 2.94. The van der Waals surface area contributed by atoms with Crippen molar-refractivity contribution >= 4 is 17.4 Å². The number of rotatable bonds is 4. The molecule has 0 aliphatic carbocycles. The van der Waals surface area contributed by atoms with Gasteiger partial charge in [0.1, 0.15) is 10.8 Å². The van der Waals surface area contributed by atoms with Crippen molar-refractivity contribution in [2.24, 2.45) is 0 Å². The Morgan fingerprint density at radius 2 is 2.00 bits per heavy atom. The Hall–Kier alpha value is -1.22. The average Bonchev–Trinajstić information content (AvgIpc) is 2.27. The third-order valence-corrected chi connectivity index (χ3v) is 2.47. The van der Waals surface area contributed by atoms with E-state index in [2.05, 4.69) is 0 Å². The van der Waals surface area contributed by atoms with Crippen LogP contribution >= 0.6 is 11.6 Å². The minimum absolute atomic E-state index is 0.00333. The van der Waals surface area contributed by atoms with Crippen LogP contribution in [0.1, 0.15) is 23.7 Å². The van der Waals surface area contributed by atoms with Gasteiger partial charge in [-0.25, -0.2) is 0 Å². The maximum Gasteiger partial charge on any atom is 0.166 e. The lowest BCUT2D eigenvalue weighted by atomic mass is 10.1. The first-order chi connectivity index (χ1) is 7.15. The van der Waals surface area contributed by atoms with Gasteiger partial charge in [-0.2, -0.15) is 0 Å². The molecule has 15 heavy (non-hydrogen) atoms. The smallest absolute Gasteiger partial charge is 0.166 e. The molecule has 0 saturated heterocycles. The number of carbonyl (C=O) groups excluding carboxylic acids is 1. The summed E-state index contributed by atoms with van der Waals surface area (Å²) in [5, 5.41) is 0.333. The van der Waals surface area contributed by atoms with Crippen molar-refractivity contribution in [3.8, 4) is 11.5 Å². The molecule has 0 saturated carbocycles. The molecule has 0 spiro atoms. The lowest BCUT2D eigenvalue weighted by molar-refractivity contribution is 0.0985. The van der Waals surface area contributed by atoms with E-state index in [1.807, 2.05) is 0 Å². The molecule has 4 heteroatoms. The zero-order valence-corrected chi connectivity index (χ0v) is 9.72. The first kappa shape index (κ1) is 11.9. The van der Waals surface area contributed by atoms with Crippen molar-refractivity contribution in [1.82, 2.24) is 0 Å². The van der Waals surface area contributed by atoms with Crippen molar-refractivity contribution < 1.29 is 14.3 Å². The van der Waals surface area contributed by atoms with Crippen LogP contribution in [-0.2, 0) is 0 Å². The first-order valence-corrected chi connectivity index (χ1v) is 4.97. The predicted octanol–water partition coefficient (Wildman–Crippen LogP) is 2.95. The number of hydrogen-bond acceptors (Lipinski definition) is 3. The summed E-state index contributed by atoms with van der Waals surface area (Å²) in [7, 11) is 3.00. The largest absolute Gasteiger partial charge is 0.495 e. The Morgan fingerprint density at radius 1 is 1.33 bits per heavy atom. The van der Waals surface area contributed by atoms with Crippen LogP contribution in [0.15, 0.2) is 12.1 Å². The molecular formula is C11H13ClO3. The Kier molecular flexibility index (Phi) is 3.97. The summed E-state index contributed by atoms with van der Waals surface area (Å²) in [6.07, 6.45) is 0.416. The van der Waals surface area contributed by atoms with Crippen molar-refractivity contribution in [2.75, 3.05) is 14.2 Å². The monoisotopic (exact) mass is 228 g/mol. The van der Waals surface area contributed by atoms with Gasteiger partial charge in [0.15, 0.2) is 11.5 Å². The highest BCUT2D eigenvalue weighted by Gasteiger charge is 2.16. The first-order valence-electron chi connectivity index (χ1n) is 4.59. The fraction of sp³-hybridized carbons (Fsp3) is 0.364. The lowest BCUT2D eigenvalue weighted by Crippen LogP contribution is -2.01. The van der Waals surface area contributed by atoms with Crippen molar-refractivity contribution in [1.29, 1.82) is 0 Å². The van der Waals surface area contributed by atoms with Gasteiger partial charge in [-0.15, -0.1) is 0 Å². The minimum Gasteiger partial charge on any atom is -0.495 e. The number of benzene rings is 1. The van der Waals surface area contributed by atoms with E-state index < -0.39 is 0 Å². The minimum atomic E-state index is -0.00333. The van der Waals surface area contributed by atoms with Gasteiger partial charge >= 0.3 is 0 Å². The van der Waals surface area contributed by atoms with Crippen LogP contribution in [0.25, 0.3) is 0 Å². The van der Waals surface area contributed by atoms with Crippen LogP contribution in [0.4, 0.5) is 0 Å². The molecule has 0 radical (unpaired) electrons. The normalized spacial score (nSPS) is 9.87. The van der Waals surface area contributed by atoms with Gasteiger partial charge in [-0.1, -0.05) is 18.5 Å². The quantitative estimate of drug-likeness (QED) is 0.744. The zero-order valence-electron chi connectivity index (χ0n) is 8.96. The summed E-state index contributed by atoms with van der Waals surface area (Å²) < 4.78 is 10.1. The van der Waals surface area contributed by atoms with E-state index in [4.69, 9.17) is 21.1 Å². The third kappa shape index (κ3) is 2.23. The molecule has 0 atom stereocenters. The molecule has 0 aliphatic heterocycles. The number of Topliss-reactive ketones (excluding diaryl/α,β-unsaturated/α-hetero) is 1. The van der Waals surface area contributed by atoms with Crippen LogP contribution in [0.3, 0.4) is 0 Å². The number of ketones is 1. The fourth-order valence-electron chi connectivity index (χ4n) is 1.31. The number of ether oxygens (including phenoxy) is 2. The van der Waals surface area contributed by atoms with Gasteiger partial charge < -0.3 is 9.47 Å². The van der Waals surface area contributed by atoms with Gasteiger partial charge in [0.2, 0.25) is 0 Å². The molecule has 0 bridgehead atoms. The van der Waals surface area contributed by atoms with Gasteiger partial charge in [0.05, 0.1) is 19.8 Å². The van der Waals surface area contributed by atoms with Crippen molar-refractivity contribution in [3.05, 3.63) is 22.7 Å². The summed E-state index contributed by atoms with van der Waals surface area (Å²) in [6.45, 7) is 1.79. The molecule has 82 valence electrons. The number of hydrogen-bond donors (Lipinski definition) is 0. The van der Waals surface area contributed by atoms with E-state index in [1.165, 1.54) is 14.2 Å². The van der Waals surface area contributed by atoms with Crippen LogP contribution in [-0.4, -0.2) is 20.0 Å². The van der Waals surface area contributed by atoms with Gasteiger partial charge in [-0.05, 0) is 12.1 Å². The van der Waals surface area contributed by atoms with Crippen molar-refractivity contribution in [2.45, 2.75) is 13.3 Å². The maximum absolute atomic E-state index is 11.6. The van der Waals surface area contributed by atoms with Gasteiger partial charge in [0.25, 0.3) is 0 Å². The Morgan fingerprint density at radius 3 is 2.47 bits per heavy atom. The fourth-order valence-corrected chi connectivity index (χ4v) is 1.62. The SMILES string of the molecule is CCC(=O)c1ccc(OC)c(Cl)c1OC. The molecule has 1 aromatic carbocycles. The molecule has 0 amide bonds. The molecule has 1 aromatic rings. The molecule has 3 nitrogen and oxygen atoms in total. The predicted molar refractivity (Wildman–Crippen MR) is 59.2 cm³/mol. The Bertz CT molecular complexity index is 374. The molecule has 1 rings (SSSR count). The van der Waals surface area contributed by atoms with E-state index in [1.54, 1.807) is 19.1 Å². The summed E-state index contributed by atoms with van der Waals surface area (Å²) in [5.41, 5.74) is 0.491. The van der Waals surface area contributed by atoms with Crippen LogP contribution in [0.5, 0.6) is 11.5 Å². The van der Waals surface area contributed by atoms with E-state index in [-0.39, 0.29) is 5.78 Å². The van der Waals surface area contributed by atoms with Crippen LogP contribution in [0, 0.1) is 0 Å². The standard InChI is InChI=1S/C11H13ClO3/c1-4-8(13)7-5-6-9(14-2)10(12)11(7)15-3/h5-6H,4H2,1-3H3. The molecule has 0 N–H and O–H groups in total. The molecular weight excluding hydrogens is 216 g/mol. The van der Waals surface area contributed by atoms with E-state index in [9.17, 15) is 4.79 Å². The molecule has 0 heterocycles. The topological polar surface area (TPSA) is 35.5 Å².